The van der Waals surface area contributed by atoms with Crippen molar-refractivity contribution in [2.45, 2.75) is 25.2 Å². The van der Waals surface area contributed by atoms with Crippen LogP contribution in [0.1, 0.15) is 12.1 Å². The molecule has 0 amide bonds. The number of rotatable bonds is 5. The molecular formula is C14H24F3IN6S. The Morgan fingerprint density at radius 1 is 1.48 bits per heavy atom. The van der Waals surface area contributed by atoms with Crippen LogP contribution in [0, 0.1) is 0 Å². The molecule has 0 spiro atoms. The Morgan fingerprint density at radius 3 is 2.76 bits per heavy atom. The third-order valence-corrected chi connectivity index (χ3v) is 4.66. The highest BCUT2D eigenvalue weighted by atomic mass is 127. The zero-order valence-electron chi connectivity index (χ0n) is 14.4. The Labute approximate surface area is 166 Å². The van der Waals surface area contributed by atoms with Crippen molar-refractivity contribution < 1.29 is 13.2 Å². The summed E-state index contributed by atoms with van der Waals surface area (Å²) >= 11 is 1.56. The van der Waals surface area contributed by atoms with E-state index in [1.807, 2.05) is 24.4 Å². The molecule has 1 unspecified atom stereocenters. The van der Waals surface area contributed by atoms with Gasteiger partial charge in [-0.3, -0.25) is 9.89 Å². The molecule has 6 nitrogen and oxygen atoms in total. The Balaban J connectivity index is 0.00000312. The van der Waals surface area contributed by atoms with Crippen molar-refractivity contribution in [3.05, 3.63) is 11.1 Å². The van der Waals surface area contributed by atoms with E-state index in [0.29, 0.717) is 32.0 Å². The number of nitrogens with zero attached hydrogens (tertiary/aromatic N) is 4. The molecule has 0 saturated carbocycles. The van der Waals surface area contributed by atoms with Gasteiger partial charge in [-0.05, 0) is 6.42 Å². The molecule has 1 aromatic heterocycles. The van der Waals surface area contributed by atoms with Gasteiger partial charge in [0.15, 0.2) is 11.1 Å². The van der Waals surface area contributed by atoms with Gasteiger partial charge in [0.1, 0.15) is 0 Å². The summed E-state index contributed by atoms with van der Waals surface area (Å²) in [6.07, 6.45) is -3.48. The summed E-state index contributed by atoms with van der Waals surface area (Å²) in [7, 11) is 5.51. The van der Waals surface area contributed by atoms with E-state index in [9.17, 15) is 13.2 Å². The zero-order valence-corrected chi connectivity index (χ0v) is 17.6. The lowest BCUT2D eigenvalue weighted by Gasteiger charge is -2.19. The number of likely N-dealkylation sites (tertiary alicyclic amines) is 1. The molecule has 0 bridgehead atoms. The minimum atomic E-state index is -4.15. The molecule has 2 rings (SSSR count). The van der Waals surface area contributed by atoms with E-state index in [1.54, 1.807) is 18.4 Å². The average Bonchev–Trinajstić information content (AvgIpc) is 3.11. The van der Waals surface area contributed by atoms with Crippen molar-refractivity contribution in [1.82, 2.24) is 20.5 Å². The SMILES string of the molecule is CN=C(NCc1csc(N(C)C)n1)NC1CCN(CC(F)(F)F)C1.I. The number of hydrogen-bond donors (Lipinski definition) is 2. The van der Waals surface area contributed by atoms with Gasteiger partial charge in [-0.15, -0.1) is 35.3 Å². The largest absolute Gasteiger partial charge is 0.401 e. The standard InChI is InChI=1S/C14H23F3N6S.HI/c1-18-12(19-6-11-8-24-13(21-11)22(2)3)20-10-4-5-23(7-10)9-14(15,16)17;/h8,10H,4-7,9H2,1-3H3,(H2,18,19,20);1H. The molecule has 1 fully saturated rings. The molecule has 1 atom stereocenters. The van der Waals surface area contributed by atoms with Crippen LogP contribution in [-0.4, -0.2) is 68.8 Å². The normalized spacial score (nSPS) is 18.8. The van der Waals surface area contributed by atoms with Crippen LogP contribution in [0.5, 0.6) is 0 Å². The number of aromatic nitrogens is 1. The van der Waals surface area contributed by atoms with Gasteiger partial charge in [0.25, 0.3) is 0 Å². The maximum atomic E-state index is 12.4. The lowest BCUT2D eigenvalue weighted by molar-refractivity contribution is -0.143. The van der Waals surface area contributed by atoms with Gasteiger partial charge >= 0.3 is 6.18 Å². The maximum absolute atomic E-state index is 12.4. The third-order valence-electron chi connectivity index (χ3n) is 3.60. The Kier molecular flexibility index (Phi) is 8.68. The summed E-state index contributed by atoms with van der Waals surface area (Å²) in [5.41, 5.74) is 0.900. The summed E-state index contributed by atoms with van der Waals surface area (Å²) in [5, 5.41) is 9.22. The van der Waals surface area contributed by atoms with Crippen LogP contribution in [0.15, 0.2) is 10.4 Å². The highest BCUT2D eigenvalue weighted by Crippen LogP contribution is 2.20. The van der Waals surface area contributed by atoms with Crippen molar-refractivity contribution in [2.75, 3.05) is 45.7 Å². The Morgan fingerprint density at radius 2 is 2.20 bits per heavy atom. The number of thiazole rings is 1. The number of guanidine groups is 1. The van der Waals surface area contributed by atoms with Crippen LogP contribution >= 0.6 is 35.3 Å². The predicted molar refractivity (Wildman–Crippen MR) is 106 cm³/mol. The molecule has 1 aliphatic heterocycles. The number of anilines is 1. The summed E-state index contributed by atoms with van der Waals surface area (Å²) in [6.45, 7) is 0.459. The number of nitrogens with one attached hydrogen (secondary N) is 2. The van der Waals surface area contributed by atoms with E-state index in [4.69, 9.17) is 0 Å². The molecule has 0 radical (unpaired) electrons. The highest BCUT2D eigenvalue weighted by molar-refractivity contribution is 14.0. The molecule has 144 valence electrons. The van der Waals surface area contributed by atoms with Crippen LogP contribution < -0.4 is 15.5 Å². The first-order chi connectivity index (χ1) is 11.3. The van der Waals surface area contributed by atoms with Gasteiger partial charge in [0, 0.05) is 45.7 Å². The molecule has 1 aliphatic rings. The quantitative estimate of drug-likeness (QED) is 0.375. The fourth-order valence-corrected chi connectivity index (χ4v) is 3.25. The number of aliphatic imine (C=N–C) groups is 1. The van der Waals surface area contributed by atoms with Crippen molar-refractivity contribution in [3.8, 4) is 0 Å². The molecule has 0 aliphatic carbocycles. The second-order valence-electron chi connectivity index (χ2n) is 5.92. The van der Waals surface area contributed by atoms with Crippen LogP contribution in [-0.2, 0) is 6.54 Å². The second-order valence-corrected chi connectivity index (χ2v) is 6.76. The van der Waals surface area contributed by atoms with Gasteiger partial charge in [0.2, 0.25) is 0 Å². The molecule has 1 saturated heterocycles. The third kappa shape index (κ3) is 7.52. The van der Waals surface area contributed by atoms with Gasteiger partial charge in [-0.25, -0.2) is 4.98 Å². The molecular weight excluding hydrogens is 468 g/mol. The average molecular weight is 492 g/mol. The lowest BCUT2D eigenvalue weighted by atomic mass is 10.3. The van der Waals surface area contributed by atoms with E-state index >= 15 is 0 Å². The van der Waals surface area contributed by atoms with E-state index in [2.05, 4.69) is 20.6 Å². The maximum Gasteiger partial charge on any atom is 0.401 e. The van der Waals surface area contributed by atoms with Crippen molar-refractivity contribution in [2.24, 2.45) is 4.99 Å². The lowest BCUT2D eigenvalue weighted by Crippen LogP contribution is -2.44. The molecule has 25 heavy (non-hydrogen) atoms. The first-order valence-corrected chi connectivity index (χ1v) is 8.53. The van der Waals surface area contributed by atoms with E-state index in [1.165, 1.54) is 4.90 Å². The summed E-state index contributed by atoms with van der Waals surface area (Å²) in [6, 6.07) is -0.0358. The fourth-order valence-electron chi connectivity index (χ4n) is 2.49. The van der Waals surface area contributed by atoms with E-state index < -0.39 is 12.7 Å². The van der Waals surface area contributed by atoms with Crippen LogP contribution in [0.25, 0.3) is 0 Å². The minimum Gasteiger partial charge on any atom is -0.354 e. The minimum absolute atomic E-state index is 0. The van der Waals surface area contributed by atoms with Gasteiger partial charge < -0.3 is 15.5 Å². The Hall–Kier alpha value is -0.820. The van der Waals surface area contributed by atoms with Gasteiger partial charge in [-0.2, -0.15) is 13.2 Å². The monoisotopic (exact) mass is 492 g/mol. The first kappa shape index (κ1) is 22.2. The fraction of sp³-hybridized carbons (Fsp3) is 0.714. The zero-order chi connectivity index (χ0) is 17.7. The smallest absolute Gasteiger partial charge is 0.354 e. The topological polar surface area (TPSA) is 55.8 Å². The number of hydrogen-bond acceptors (Lipinski definition) is 5. The first-order valence-electron chi connectivity index (χ1n) is 7.65. The van der Waals surface area contributed by atoms with Gasteiger partial charge in [0.05, 0.1) is 18.8 Å². The van der Waals surface area contributed by atoms with Crippen molar-refractivity contribution in [3.63, 3.8) is 0 Å². The Bertz CT molecular complexity index is 563. The van der Waals surface area contributed by atoms with Gasteiger partial charge in [-0.1, -0.05) is 0 Å². The van der Waals surface area contributed by atoms with Crippen LogP contribution in [0.3, 0.4) is 0 Å². The van der Waals surface area contributed by atoms with E-state index in [0.717, 1.165) is 10.8 Å². The second kappa shape index (κ2) is 9.76. The van der Waals surface area contributed by atoms with Crippen LogP contribution in [0.2, 0.25) is 0 Å². The molecule has 2 heterocycles. The molecule has 2 N–H and O–H groups in total. The van der Waals surface area contributed by atoms with Crippen molar-refractivity contribution >= 4 is 46.4 Å². The summed E-state index contributed by atoms with van der Waals surface area (Å²) in [5.74, 6) is 0.577. The summed E-state index contributed by atoms with van der Waals surface area (Å²) in [4.78, 5) is 11.9. The predicted octanol–water partition coefficient (Wildman–Crippen LogP) is 2.13. The van der Waals surface area contributed by atoms with Crippen molar-refractivity contribution in [1.29, 1.82) is 0 Å². The molecule has 0 aromatic carbocycles. The van der Waals surface area contributed by atoms with Crippen LogP contribution in [0.4, 0.5) is 18.3 Å². The molecule has 1 aromatic rings. The highest BCUT2D eigenvalue weighted by Gasteiger charge is 2.34. The number of halogens is 4. The van der Waals surface area contributed by atoms with E-state index in [-0.39, 0.29) is 30.0 Å². The number of alkyl halides is 3. The molecule has 11 heteroatoms. The summed E-state index contributed by atoms with van der Waals surface area (Å²) < 4.78 is 37.3.